The second kappa shape index (κ2) is 4.71. The minimum atomic E-state index is -0.415. The molecule has 1 unspecified atom stereocenters. The lowest BCUT2D eigenvalue weighted by Crippen LogP contribution is -2.55. The molecule has 0 bridgehead atoms. The van der Waals surface area contributed by atoms with Crippen molar-refractivity contribution in [3.8, 4) is 0 Å². The van der Waals surface area contributed by atoms with Crippen LogP contribution in [0.25, 0.3) is 0 Å². The van der Waals surface area contributed by atoms with Crippen LogP contribution in [0.5, 0.6) is 0 Å². The van der Waals surface area contributed by atoms with Gasteiger partial charge in [-0.15, -0.1) is 0 Å². The van der Waals surface area contributed by atoms with Crippen LogP contribution in [-0.2, 0) is 0 Å². The van der Waals surface area contributed by atoms with E-state index in [9.17, 15) is 4.39 Å². The first-order valence-electron chi connectivity index (χ1n) is 5.33. The first-order valence-corrected chi connectivity index (χ1v) is 5.33. The summed E-state index contributed by atoms with van der Waals surface area (Å²) in [5.41, 5.74) is 5.73. The standard InChI is InChI=1S/C10H16FN5/c1-15-2-3-16(9(4-12)7-15)10-13-5-8(11)6-14-10/h5-6,9H,2-4,7,12H2,1H3. The molecule has 1 aliphatic heterocycles. The lowest BCUT2D eigenvalue weighted by atomic mass is 10.2. The predicted molar refractivity (Wildman–Crippen MR) is 59.7 cm³/mol. The monoisotopic (exact) mass is 225 g/mol. The Morgan fingerprint density at radius 3 is 2.75 bits per heavy atom. The van der Waals surface area contributed by atoms with Crippen molar-refractivity contribution in [2.75, 3.05) is 38.1 Å². The molecular weight excluding hydrogens is 209 g/mol. The van der Waals surface area contributed by atoms with Crippen LogP contribution in [-0.4, -0.2) is 54.1 Å². The maximum absolute atomic E-state index is 12.7. The van der Waals surface area contributed by atoms with Crippen LogP contribution in [0.1, 0.15) is 0 Å². The van der Waals surface area contributed by atoms with Gasteiger partial charge in [0.15, 0.2) is 5.82 Å². The largest absolute Gasteiger partial charge is 0.334 e. The SMILES string of the molecule is CN1CCN(c2ncc(F)cn2)C(CN)C1. The summed E-state index contributed by atoms with van der Waals surface area (Å²) in [6.07, 6.45) is 2.38. The Morgan fingerprint density at radius 1 is 1.44 bits per heavy atom. The number of halogens is 1. The van der Waals surface area contributed by atoms with E-state index < -0.39 is 5.82 Å². The molecular formula is C10H16FN5. The average Bonchev–Trinajstić information content (AvgIpc) is 2.30. The summed E-state index contributed by atoms with van der Waals surface area (Å²) >= 11 is 0. The molecule has 88 valence electrons. The van der Waals surface area contributed by atoms with Gasteiger partial charge >= 0.3 is 0 Å². The molecule has 0 radical (unpaired) electrons. The molecule has 5 nitrogen and oxygen atoms in total. The molecule has 1 saturated heterocycles. The maximum atomic E-state index is 12.7. The van der Waals surface area contributed by atoms with E-state index in [0.717, 1.165) is 19.6 Å². The normalized spacial score (nSPS) is 22.4. The third-order valence-corrected chi connectivity index (χ3v) is 2.82. The molecule has 1 atom stereocenters. The first kappa shape index (κ1) is 11.2. The van der Waals surface area contributed by atoms with Gasteiger partial charge in [0.1, 0.15) is 0 Å². The molecule has 2 rings (SSSR count). The van der Waals surface area contributed by atoms with Crippen molar-refractivity contribution in [2.24, 2.45) is 5.73 Å². The fourth-order valence-electron chi connectivity index (χ4n) is 1.93. The Morgan fingerprint density at radius 2 is 2.12 bits per heavy atom. The van der Waals surface area contributed by atoms with Crippen molar-refractivity contribution in [3.63, 3.8) is 0 Å². The quantitative estimate of drug-likeness (QED) is 0.748. The summed E-state index contributed by atoms with van der Waals surface area (Å²) < 4.78 is 12.7. The van der Waals surface area contributed by atoms with E-state index in [0.29, 0.717) is 12.5 Å². The highest BCUT2D eigenvalue weighted by atomic mass is 19.1. The second-order valence-electron chi connectivity index (χ2n) is 4.05. The van der Waals surface area contributed by atoms with Gasteiger partial charge in [0.25, 0.3) is 0 Å². The van der Waals surface area contributed by atoms with Gasteiger partial charge in [-0.2, -0.15) is 0 Å². The number of hydrogen-bond donors (Lipinski definition) is 1. The molecule has 16 heavy (non-hydrogen) atoms. The van der Waals surface area contributed by atoms with Crippen LogP contribution < -0.4 is 10.6 Å². The Balaban J connectivity index is 2.15. The van der Waals surface area contributed by atoms with E-state index in [1.165, 1.54) is 12.4 Å². The molecule has 0 saturated carbocycles. The van der Waals surface area contributed by atoms with E-state index in [1.54, 1.807) is 0 Å². The highest BCUT2D eigenvalue weighted by Gasteiger charge is 2.25. The van der Waals surface area contributed by atoms with Gasteiger partial charge in [-0.25, -0.2) is 14.4 Å². The molecule has 2 heterocycles. The van der Waals surface area contributed by atoms with Crippen molar-refractivity contribution >= 4 is 5.95 Å². The predicted octanol–water partition coefficient (Wildman–Crippen LogP) is -0.305. The number of nitrogens with two attached hydrogens (primary N) is 1. The van der Waals surface area contributed by atoms with Gasteiger partial charge < -0.3 is 15.5 Å². The number of rotatable bonds is 2. The topological polar surface area (TPSA) is 58.3 Å². The van der Waals surface area contributed by atoms with Crippen LogP contribution in [0, 0.1) is 5.82 Å². The molecule has 0 aromatic carbocycles. The smallest absolute Gasteiger partial charge is 0.225 e. The molecule has 1 aromatic heterocycles. The van der Waals surface area contributed by atoms with Crippen LogP contribution in [0.3, 0.4) is 0 Å². The van der Waals surface area contributed by atoms with E-state index in [4.69, 9.17) is 5.73 Å². The van der Waals surface area contributed by atoms with Gasteiger partial charge in [0.05, 0.1) is 18.4 Å². The molecule has 1 aliphatic rings. The van der Waals surface area contributed by atoms with Crippen LogP contribution in [0.4, 0.5) is 10.3 Å². The minimum absolute atomic E-state index is 0.198. The Hall–Kier alpha value is -1.27. The highest BCUT2D eigenvalue weighted by molar-refractivity contribution is 5.32. The van der Waals surface area contributed by atoms with Gasteiger partial charge in [0.2, 0.25) is 5.95 Å². The van der Waals surface area contributed by atoms with E-state index in [2.05, 4.69) is 21.9 Å². The number of anilines is 1. The molecule has 1 fully saturated rings. The lowest BCUT2D eigenvalue weighted by Gasteiger charge is -2.39. The van der Waals surface area contributed by atoms with Crippen molar-refractivity contribution in [2.45, 2.75) is 6.04 Å². The van der Waals surface area contributed by atoms with Crippen molar-refractivity contribution in [1.82, 2.24) is 14.9 Å². The molecule has 1 aromatic rings. The number of piperazine rings is 1. The van der Waals surface area contributed by atoms with E-state index in [1.807, 2.05) is 4.90 Å². The minimum Gasteiger partial charge on any atom is -0.334 e. The summed E-state index contributed by atoms with van der Waals surface area (Å²) in [6, 6.07) is 0.198. The van der Waals surface area contributed by atoms with Gasteiger partial charge in [-0.3, -0.25) is 0 Å². The summed E-state index contributed by atoms with van der Waals surface area (Å²) in [5, 5.41) is 0. The van der Waals surface area contributed by atoms with Gasteiger partial charge in [-0.05, 0) is 7.05 Å². The third-order valence-electron chi connectivity index (χ3n) is 2.82. The maximum Gasteiger partial charge on any atom is 0.225 e. The molecule has 6 heteroatoms. The molecule has 0 spiro atoms. The summed E-state index contributed by atoms with van der Waals surface area (Å²) in [6.45, 7) is 3.20. The molecule has 0 aliphatic carbocycles. The zero-order valence-electron chi connectivity index (χ0n) is 9.30. The highest BCUT2D eigenvalue weighted by Crippen LogP contribution is 2.14. The van der Waals surface area contributed by atoms with Crippen molar-refractivity contribution in [1.29, 1.82) is 0 Å². The third kappa shape index (κ3) is 2.28. The van der Waals surface area contributed by atoms with Crippen LogP contribution in [0.15, 0.2) is 12.4 Å². The lowest BCUT2D eigenvalue weighted by molar-refractivity contribution is 0.267. The molecule has 2 N–H and O–H groups in total. The number of hydrogen-bond acceptors (Lipinski definition) is 5. The van der Waals surface area contributed by atoms with E-state index >= 15 is 0 Å². The Labute approximate surface area is 94.1 Å². The van der Waals surface area contributed by atoms with Gasteiger partial charge in [0, 0.05) is 26.2 Å². The van der Waals surface area contributed by atoms with Crippen molar-refractivity contribution in [3.05, 3.63) is 18.2 Å². The number of aromatic nitrogens is 2. The first-order chi connectivity index (χ1) is 7.70. The Kier molecular flexibility index (Phi) is 3.31. The number of nitrogens with zero attached hydrogens (tertiary/aromatic N) is 4. The van der Waals surface area contributed by atoms with Gasteiger partial charge in [-0.1, -0.05) is 0 Å². The average molecular weight is 225 g/mol. The van der Waals surface area contributed by atoms with Crippen LogP contribution >= 0.6 is 0 Å². The zero-order chi connectivity index (χ0) is 11.5. The van der Waals surface area contributed by atoms with E-state index in [-0.39, 0.29) is 6.04 Å². The Bertz CT molecular complexity index is 342. The van der Waals surface area contributed by atoms with Crippen molar-refractivity contribution < 1.29 is 4.39 Å². The molecule has 0 amide bonds. The zero-order valence-corrected chi connectivity index (χ0v) is 9.30. The summed E-state index contributed by atoms with van der Waals surface area (Å²) in [5.74, 6) is 0.145. The summed E-state index contributed by atoms with van der Waals surface area (Å²) in [4.78, 5) is 12.2. The fourth-order valence-corrected chi connectivity index (χ4v) is 1.93. The number of likely N-dealkylation sites (N-methyl/N-ethyl adjacent to an activating group) is 1. The summed E-state index contributed by atoms with van der Waals surface area (Å²) in [7, 11) is 2.06. The fraction of sp³-hybridized carbons (Fsp3) is 0.600. The second-order valence-corrected chi connectivity index (χ2v) is 4.05. The van der Waals surface area contributed by atoms with Crippen LogP contribution in [0.2, 0.25) is 0 Å².